The molecule has 4 N–H and O–H groups in total. The Morgan fingerprint density at radius 1 is 0.376 bits per heavy atom. The van der Waals surface area contributed by atoms with E-state index in [1.807, 2.05) is 97.1 Å². The molecule has 1 fully saturated rings. The van der Waals surface area contributed by atoms with E-state index in [9.17, 15) is 63.2 Å². The van der Waals surface area contributed by atoms with Crippen LogP contribution in [0.3, 0.4) is 0 Å². The molecule has 1 saturated carbocycles. The number of methoxy groups -OCH3 is 2. The van der Waals surface area contributed by atoms with Gasteiger partial charge in [0.2, 0.25) is 0 Å². The van der Waals surface area contributed by atoms with Crippen molar-refractivity contribution in [3.63, 3.8) is 0 Å². The number of hydrogen-bond acceptors (Lipinski definition) is 10. The summed E-state index contributed by atoms with van der Waals surface area (Å²) in [6.07, 6.45) is 7.43. The fourth-order valence-electron chi connectivity index (χ4n) is 9.71. The first-order valence-electron chi connectivity index (χ1n) is 28.2. The maximum atomic E-state index is 12.8. The lowest BCUT2D eigenvalue weighted by molar-refractivity contribution is -0.143. The monoisotopic (exact) mass is 1160 g/mol. The van der Waals surface area contributed by atoms with E-state index in [-0.39, 0.29) is 48.8 Å². The van der Waals surface area contributed by atoms with Crippen LogP contribution in [0.5, 0.6) is 11.5 Å². The van der Waals surface area contributed by atoms with Crippen molar-refractivity contribution in [3.05, 3.63) is 239 Å². The van der Waals surface area contributed by atoms with E-state index in [1.165, 1.54) is 43.5 Å². The second-order valence-corrected chi connectivity index (χ2v) is 20.8. The quantitative estimate of drug-likeness (QED) is 0.0369. The van der Waals surface area contributed by atoms with Crippen LogP contribution in [-0.2, 0) is 38.4 Å². The van der Waals surface area contributed by atoms with Crippen LogP contribution in [0.15, 0.2) is 194 Å². The molecular weight excluding hydrogens is 1080 g/mol. The molecular formula is C70H73FO14. The molecule has 7 aromatic rings. The van der Waals surface area contributed by atoms with Crippen LogP contribution in [-0.4, -0.2) is 81.7 Å². The number of benzene rings is 7. The number of rotatable bonds is 26. The van der Waals surface area contributed by atoms with Crippen molar-refractivity contribution >= 4 is 47.0 Å². The van der Waals surface area contributed by atoms with Crippen LogP contribution >= 0.6 is 0 Å². The van der Waals surface area contributed by atoms with Crippen LogP contribution in [0, 0.1) is 35.4 Å². The van der Waals surface area contributed by atoms with Crippen molar-refractivity contribution in [1.29, 1.82) is 0 Å². The number of carbonyl (C=O) groups is 8. The molecule has 444 valence electrons. The Morgan fingerprint density at radius 3 is 0.941 bits per heavy atom. The van der Waals surface area contributed by atoms with E-state index in [1.54, 1.807) is 87.0 Å². The lowest BCUT2D eigenvalue weighted by Gasteiger charge is -2.24. The number of hydrogen-bond donors (Lipinski definition) is 4. The Kier molecular flexibility index (Phi) is 27.8. The van der Waals surface area contributed by atoms with Gasteiger partial charge in [-0.15, -0.1) is 0 Å². The summed E-state index contributed by atoms with van der Waals surface area (Å²) < 4.78 is 22.9. The van der Waals surface area contributed by atoms with Crippen LogP contribution < -0.4 is 9.47 Å². The molecule has 0 heterocycles. The Balaban J connectivity index is 0.000000207. The molecule has 14 nitrogen and oxygen atoms in total. The number of carboxylic acid groups (broad SMARTS) is 4. The third-order valence-electron chi connectivity index (χ3n) is 14.5. The number of ketones is 4. The van der Waals surface area contributed by atoms with E-state index in [4.69, 9.17) is 9.47 Å². The van der Waals surface area contributed by atoms with Gasteiger partial charge in [0.05, 0.1) is 37.9 Å². The molecule has 0 aromatic heterocycles. The minimum absolute atomic E-state index is 0.0173. The maximum absolute atomic E-state index is 12.8. The molecule has 7 aromatic carbocycles. The minimum atomic E-state index is -1.01. The maximum Gasteiger partial charge on any atom is 0.307 e. The number of Topliss-reactive ketones (excluding diaryl/α,β-unsaturated/α-hetero) is 4. The predicted molar refractivity (Wildman–Crippen MR) is 321 cm³/mol. The van der Waals surface area contributed by atoms with Gasteiger partial charge in [0.15, 0.2) is 23.1 Å². The summed E-state index contributed by atoms with van der Waals surface area (Å²) in [5.41, 5.74) is 4.66. The van der Waals surface area contributed by atoms with E-state index in [0.717, 1.165) is 29.5 Å². The number of carbonyl (C=O) groups excluding carboxylic acids is 4. The normalized spacial score (nSPS) is 13.1. The standard InChI is InChI=1S/C18H24O4.C18H18O4.C17H15FO3.C17H16O3/c2*1-22-16-9-7-14(8-10-16)17(19)12-15(18(20)21)11-13-5-3-2-4-6-13;18-15-8-6-13(7-9-15)16(19)11-14(17(20)21)10-12-4-2-1-3-5-12;18-16(14-9-5-2-6-10-14)12-15(17(19)20)11-13-7-3-1-4-8-13/h7-10,13,15H,2-6,11-12H2,1H3,(H,20,21);2-10,15H,11-12H2,1H3,(H,20,21);1-9,14H,10-11H2,(H,20,21);1-10,15H,11-12H2,(H,19,20). The molecule has 0 radical (unpaired) electrons. The van der Waals surface area contributed by atoms with Crippen molar-refractivity contribution in [2.45, 2.75) is 83.5 Å². The summed E-state index contributed by atoms with van der Waals surface area (Å²) in [7, 11) is 3.12. The Morgan fingerprint density at radius 2 is 0.647 bits per heavy atom. The number of aliphatic carboxylic acids is 4. The molecule has 4 unspecified atom stereocenters. The van der Waals surface area contributed by atoms with Crippen molar-refractivity contribution in [3.8, 4) is 11.5 Å². The fraction of sp³-hybridized carbons (Fsp3) is 0.286. The highest BCUT2D eigenvalue weighted by Gasteiger charge is 2.28. The largest absolute Gasteiger partial charge is 0.497 e. The molecule has 0 aliphatic heterocycles. The molecule has 1 aliphatic carbocycles. The van der Waals surface area contributed by atoms with Gasteiger partial charge in [-0.05, 0) is 121 Å². The van der Waals surface area contributed by atoms with Crippen molar-refractivity contribution < 1.29 is 72.6 Å². The van der Waals surface area contributed by atoms with Gasteiger partial charge in [-0.1, -0.05) is 153 Å². The van der Waals surface area contributed by atoms with Crippen LogP contribution in [0.2, 0.25) is 0 Å². The second-order valence-electron chi connectivity index (χ2n) is 20.8. The van der Waals surface area contributed by atoms with E-state index in [2.05, 4.69) is 0 Å². The minimum Gasteiger partial charge on any atom is -0.497 e. The number of ether oxygens (including phenoxy) is 2. The van der Waals surface area contributed by atoms with Crippen LogP contribution in [0.4, 0.5) is 4.39 Å². The first-order valence-corrected chi connectivity index (χ1v) is 28.2. The summed E-state index contributed by atoms with van der Waals surface area (Å²) in [5.74, 6) is -5.84. The van der Waals surface area contributed by atoms with E-state index < -0.39 is 53.4 Å². The zero-order chi connectivity index (χ0) is 61.5. The molecule has 85 heavy (non-hydrogen) atoms. The van der Waals surface area contributed by atoms with E-state index in [0.29, 0.717) is 65.4 Å². The van der Waals surface area contributed by atoms with Crippen LogP contribution in [0.1, 0.15) is 122 Å². The number of carboxylic acids is 4. The van der Waals surface area contributed by atoms with E-state index >= 15 is 0 Å². The van der Waals surface area contributed by atoms with Gasteiger partial charge >= 0.3 is 23.9 Å². The molecule has 8 rings (SSSR count). The summed E-state index contributed by atoms with van der Waals surface area (Å²) in [6, 6.07) is 55.4. The smallest absolute Gasteiger partial charge is 0.307 e. The molecule has 15 heteroatoms. The zero-order valence-corrected chi connectivity index (χ0v) is 47.8. The highest BCUT2D eigenvalue weighted by molar-refractivity contribution is 6.00. The lowest BCUT2D eigenvalue weighted by Crippen LogP contribution is -2.22. The van der Waals surface area contributed by atoms with Crippen molar-refractivity contribution in [2.75, 3.05) is 14.2 Å². The Hall–Kier alpha value is -9.37. The molecule has 1 aliphatic rings. The van der Waals surface area contributed by atoms with Gasteiger partial charge < -0.3 is 29.9 Å². The number of halogens is 1. The molecule has 0 bridgehead atoms. The van der Waals surface area contributed by atoms with Gasteiger partial charge in [-0.3, -0.25) is 38.4 Å². The first kappa shape index (κ1) is 66.4. The predicted octanol–water partition coefficient (Wildman–Crippen LogP) is 13.7. The Labute approximate surface area is 495 Å². The SMILES string of the molecule is COc1ccc(C(=O)CC(CC2CCCCC2)C(=O)O)cc1.COc1ccc(C(=O)CC(Cc2ccccc2)C(=O)O)cc1.O=C(CC(Cc1ccccc1)C(=O)O)c1ccc(F)cc1.O=C(CC(Cc1ccccc1)C(=O)O)c1ccccc1. The third-order valence-corrected chi connectivity index (χ3v) is 14.5. The Bertz CT molecular complexity index is 3200. The van der Waals surface area contributed by atoms with Crippen molar-refractivity contribution in [1.82, 2.24) is 0 Å². The molecule has 4 atom stereocenters. The van der Waals surface area contributed by atoms with Gasteiger partial charge in [-0.2, -0.15) is 0 Å². The summed E-state index contributed by atoms with van der Waals surface area (Å²) in [5, 5.41) is 37.3. The summed E-state index contributed by atoms with van der Waals surface area (Å²) in [6.45, 7) is 0. The van der Waals surface area contributed by atoms with Gasteiger partial charge in [0, 0.05) is 47.9 Å². The topological polar surface area (TPSA) is 236 Å². The second kappa shape index (κ2) is 35.6. The van der Waals surface area contributed by atoms with Gasteiger partial charge in [0.1, 0.15) is 17.3 Å². The first-order chi connectivity index (χ1) is 40.9. The molecule has 0 saturated heterocycles. The average molecular weight is 1160 g/mol. The third kappa shape index (κ3) is 23.8. The molecule has 0 amide bonds. The molecule has 0 spiro atoms. The average Bonchev–Trinajstić information content (AvgIpc) is 3.56. The van der Waals surface area contributed by atoms with Crippen molar-refractivity contribution in [2.24, 2.45) is 29.6 Å². The zero-order valence-electron chi connectivity index (χ0n) is 47.8. The summed E-state index contributed by atoms with van der Waals surface area (Å²) >= 11 is 0. The summed E-state index contributed by atoms with van der Waals surface area (Å²) in [4.78, 5) is 94.2. The fourth-order valence-corrected chi connectivity index (χ4v) is 9.71. The highest BCUT2D eigenvalue weighted by atomic mass is 19.1. The van der Waals surface area contributed by atoms with Crippen LogP contribution in [0.25, 0.3) is 0 Å². The van der Waals surface area contributed by atoms with Gasteiger partial charge in [-0.25, -0.2) is 4.39 Å². The lowest BCUT2D eigenvalue weighted by atomic mass is 9.81. The highest BCUT2D eigenvalue weighted by Crippen LogP contribution is 2.31. The van der Waals surface area contributed by atoms with Gasteiger partial charge in [0.25, 0.3) is 0 Å².